The summed E-state index contributed by atoms with van der Waals surface area (Å²) in [7, 11) is 0. The number of anilines is 1. The van der Waals surface area contributed by atoms with E-state index in [0.29, 0.717) is 31.5 Å². The van der Waals surface area contributed by atoms with Crippen LogP contribution in [0.5, 0.6) is 5.88 Å². The summed E-state index contributed by atoms with van der Waals surface area (Å²) in [5, 5.41) is 9.50. The highest BCUT2D eigenvalue weighted by molar-refractivity contribution is 5.92. The predicted molar refractivity (Wildman–Crippen MR) is 153 cm³/mol. The third-order valence-electron chi connectivity index (χ3n) is 8.55. The van der Waals surface area contributed by atoms with E-state index in [9.17, 15) is 14.7 Å². The van der Waals surface area contributed by atoms with Gasteiger partial charge in [0, 0.05) is 58.9 Å². The van der Waals surface area contributed by atoms with Gasteiger partial charge in [0.25, 0.3) is 0 Å². The largest absolute Gasteiger partial charge is 0.478 e. The van der Waals surface area contributed by atoms with Crippen molar-refractivity contribution in [2.45, 2.75) is 45.4 Å². The first-order valence-corrected chi connectivity index (χ1v) is 14.6. The summed E-state index contributed by atoms with van der Waals surface area (Å²) in [6.07, 6.45) is 3.07. The van der Waals surface area contributed by atoms with Crippen LogP contribution in [0, 0.1) is 5.92 Å². The highest BCUT2D eigenvalue weighted by Crippen LogP contribution is 2.25. The van der Waals surface area contributed by atoms with Crippen LogP contribution in [-0.2, 0) is 22.6 Å². The van der Waals surface area contributed by atoms with Crippen molar-refractivity contribution in [3.05, 3.63) is 47.8 Å². The zero-order valence-corrected chi connectivity index (χ0v) is 23.6. The molecule has 2 aromatic heterocycles. The van der Waals surface area contributed by atoms with Crippen molar-refractivity contribution in [1.29, 1.82) is 0 Å². The van der Waals surface area contributed by atoms with Crippen molar-refractivity contribution in [2.75, 3.05) is 57.4 Å². The van der Waals surface area contributed by atoms with Crippen molar-refractivity contribution in [2.24, 2.45) is 5.92 Å². The van der Waals surface area contributed by atoms with E-state index in [0.717, 1.165) is 87.8 Å². The minimum absolute atomic E-state index is 0.144. The number of nitrogens with zero attached hydrogens (tertiary/aromatic N) is 6. The number of aromatic carboxylic acids is 1. The number of rotatable bonds is 9. The monoisotopic (exact) mass is 562 g/mol. The number of carboxylic acid groups (broad SMARTS) is 1. The van der Waals surface area contributed by atoms with Gasteiger partial charge >= 0.3 is 5.97 Å². The lowest BCUT2D eigenvalue weighted by Crippen LogP contribution is -2.46. The summed E-state index contributed by atoms with van der Waals surface area (Å²) in [6, 6.07) is 11.1. The Morgan fingerprint density at radius 3 is 2.49 bits per heavy atom. The van der Waals surface area contributed by atoms with Crippen LogP contribution in [0.4, 0.5) is 5.82 Å². The first kappa shape index (κ1) is 27.5. The van der Waals surface area contributed by atoms with E-state index in [2.05, 4.69) is 14.4 Å². The van der Waals surface area contributed by atoms with Gasteiger partial charge in [-0.2, -0.15) is 4.98 Å². The van der Waals surface area contributed by atoms with Crippen LogP contribution in [0.2, 0.25) is 0 Å². The summed E-state index contributed by atoms with van der Waals surface area (Å²) in [4.78, 5) is 39.4. The molecule has 0 radical (unpaired) electrons. The van der Waals surface area contributed by atoms with E-state index in [-0.39, 0.29) is 17.6 Å². The molecular weight excluding hydrogens is 524 g/mol. The molecule has 11 heteroatoms. The SMILES string of the molecule is CC(=O)N1CCC(COc2cccc(N3CCN(Cc4nc5ccc(C(=O)O)cc5n4C[C@@H]4CCO4)CC3)n2)CC1. The van der Waals surface area contributed by atoms with Crippen molar-refractivity contribution >= 4 is 28.7 Å². The number of amides is 1. The van der Waals surface area contributed by atoms with E-state index in [1.54, 1.807) is 25.1 Å². The maximum Gasteiger partial charge on any atom is 0.335 e. The number of aromatic nitrogens is 3. The molecule has 218 valence electrons. The lowest BCUT2D eigenvalue weighted by atomic mass is 9.98. The molecule has 0 bridgehead atoms. The number of piperidine rings is 1. The van der Waals surface area contributed by atoms with Crippen LogP contribution >= 0.6 is 0 Å². The normalized spacial score (nSPS) is 20.3. The second-order valence-corrected chi connectivity index (χ2v) is 11.3. The fourth-order valence-corrected chi connectivity index (χ4v) is 5.88. The molecule has 1 atom stereocenters. The van der Waals surface area contributed by atoms with Gasteiger partial charge in [-0.25, -0.2) is 9.78 Å². The molecule has 5 heterocycles. The van der Waals surface area contributed by atoms with E-state index >= 15 is 0 Å². The molecule has 1 aromatic carbocycles. The van der Waals surface area contributed by atoms with Gasteiger partial charge in [-0.3, -0.25) is 9.69 Å². The fraction of sp³-hybridized carbons (Fsp3) is 0.533. The fourth-order valence-electron chi connectivity index (χ4n) is 5.88. The molecule has 3 fully saturated rings. The van der Waals surface area contributed by atoms with Gasteiger partial charge in [0.1, 0.15) is 11.6 Å². The maximum absolute atomic E-state index is 11.6. The molecular formula is C30H38N6O5. The van der Waals surface area contributed by atoms with E-state index in [1.807, 2.05) is 23.1 Å². The summed E-state index contributed by atoms with van der Waals surface area (Å²) < 4.78 is 13.9. The molecule has 3 saturated heterocycles. The zero-order valence-electron chi connectivity index (χ0n) is 23.6. The molecule has 3 aromatic rings. The Morgan fingerprint density at radius 1 is 1.02 bits per heavy atom. The molecule has 0 saturated carbocycles. The van der Waals surface area contributed by atoms with Gasteiger partial charge in [-0.1, -0.05) is 6.07 Å². The maximum atomic E-state index is 11.6. The van der Waals surface area contributed by atoms with Gasteiger partial charge < -0.3 is 28.9 Å². The number of piperazine rings is 1. The lowest BCUT2D eigenvalue weighted by molar-refractivity contribution is -0.130. The van der Waals surface area contributed by atoms with Crippen molar-refractivity contribution in [3.63, 3.8) is 0 Å². The van der Waals surface area contributed by atoms with Crippen molar-refractivity contribution in [3.8, 4) is 5.88 Å². The first-order chi connectivity index (χ1) is 19.9. The van der Waals surface area contributed by atoms with E-state index in [1.165, 1.54) is 0 Å². The highest BCUT2D eigenvalue weighted by Gasteiger charge is 2.25. The number of benzene rings is 1. The Hall–Kier alpha value is -3.70. The average molecular weight is 563 g/mol. The molecule has 0 aliphatic carbocycles. The summed E-state index contributed by atoms with van der Waals surface area (Å²) in [6.45, 7) is 9.42. The number of likely N-dealkylation sites (tertiary alicyclic amines) is 1. The molecule has 1 N–H and O–H groups in total. The number of carbonyl (C=O) groups excluding carboxylic acids is 1. The van der Waals surface area contributed by atoms with Gasteiger partial charge in [-0.05, 0) is 49.4 Å². The second kappa shape index (κ2) is 12.0. The average Bonchev–Trinajstić information content (AvgIpc) is 3.30. The van der Waals surface area contributed by atoms with E-state index < -0.39 is 5.97 Å². The number of carbonyl (C=O) groups is 2. The number of ether oxygens (including phenoxy) is 2. The highest BCUT2D eigenvalue weighted by atomic mass is 16.5. The molecule has 1 amide bonds. The van der Waals surface area contributed by atoms with Crippen molar-refractivity contribution in [1.82, 2.24) is 24.3 Å². The van der Waals surface area contributed by atoms with Crippen LogP contribution in [0.3, 0.4) is 0 Å². The molecule has 0 unspecified atom stereocenters. The second-order valence-electron chi connectivity index (χ2n) is 11.3. The number of hydrogen-bond donors (Lipinski definition) is 1. The Balaban J connectivity index is 1.06. The third-order valence-corrected chi connectivity index (χ3v) is 8.55. The van der Waals surface area contributed by atoms with Gasteiger partial charge in [0.05, 0.1) is 42.4 Å². The quantitative estimate of drug-likeness (QED) is 0.421. The molecule has 6 rings (SSSR count). The van der Waals surface area contributed by atoms with Crippen LogP contribution in [0.15, 0.2) is 36.4 Å². The molecule has 41 heavy (non-hydrogen) atoms. The first-order valence-electron chi connectivity index (χ1n) is 14.6. The van der Waals surface area contributed by atoms with Crippen LogP contribution in [0.25, 0.3) is 11.0 Å². The predicted octanol–water partition coefficient (Wildman–Crippen LogP) is 2.88. The molecule has 11 nitrogen and oxygen atoms in total. The summed E-state index contributed by atoms with van der Waals surface area (Å²) in [5.74, 6) is 2.16. The zero-order chi connectivity index (χ0) is 28.3. The minimum atomic E-state index is -0.935. The minimum Gasteiger partial charge on any atom is -0.478 e. The molecule has 3 aliphatic heterocycles. The Bertz CT molecular complexity index is 1390. The number of imidazole rings is 1. The van der Waals surface area contributed by atoms with Gasteiger partial charge in [0.15, 0.2) is 0 Å². The van der Waals surface area contributed by atoms with Crippen LogP contribution in [0.1, 0.15) is 42.4 Å². The molecule has 3 aliphatic rings. The number of pyridine rings is 1. The topological polar surface area (TPSA) is 113 Å². The summed E-state index contributed by atoms with van der Waals surface area (Å²) >= 11 is 0. The van der Waals surface area contributed by atoms with Crippen LogP contribution in [-0.4, -0.2) is 99.9 Å². The number of hydrogen-bond acceptors (Lipinski definition) is 8. The standard InChI is InChI=1S/C30H38N6O5/c1-21(37)34-10-7-22(8-11-34)20-41-29-4-2-3-27(32-29)35-14-12-33(13-15-35)19-28-31-25-6-5-23(30(38)39)17-26(25)36(28)18-24-9-16-40-24/h2-6,17,22,24H,7-16,18-20H2,1H3,(H,38,39)/t24-/m0/s1. The Morgan fingerprint density at radius 2 is 1.80 bits per heavy atom. The molecule has 0 spiro atoms. The Labute approximate surface area is 239 Å². The summed E-state index contributed by atoms with van der Waals surface area (Å²) in [5.41, 5.74) is 1.93. The van der Waals surface area contributed by atoms with Gasteiger partial charge in [0.2, 0.25) is 11.8 Å². The smallest absolute Gasteiger partial charge is 0.335 e. The lowest BCUT2D eigenvalue weighted by Gasteiger charge is -2.35. The van der Waals surface area contributed by atoms with Gasteiger partial charge in [-0.15, -0.1) is 0 Å². The number of carboxylic acids is 1. The van der Waals surface area contributed by atoms with E-state index in [4.69, 9.17) is 19.4 Å². The van der Waals surface area contributed by atoms with Crippen molar-refractivity contribution < 1.29 is 24.2 Å². The van der Waals surface area contributed by atoms with Crippen LogP contribution < -0.4 is 9.64 Å². The third kappa shape index (κ3) is 6.31. The number of fused-ring (bicyclic) bond motifs is 1. The Kier molecular flexibility index (Phi) is 8.06.